The molecule has 0 amide bonds. The fraction of sp³-hybridized carbons (Fsp3) is 0.143. The van der Waals surface area contributed by atoms with Crippen molar-refractivity contribution in [3.63, 3.8) is 0 Å². The number of alkyl halides is 3. The van der Waals surface area contributed by atoms with Crippen molar-refractivity contribution in [2.24, 2.45) is 0 Å². The van der Waals surface area contributed by atoms with E-state index in [4.69, 9.17) is 0 Å². The van der Waals surface area contributed by atoms with Gasteiger partial charge in [0.25, 0.3) is 0 Å². The van der Waals surface area contributed by atoms with Crippen LogP contribution in [0.25, 0.3) is 0 Å². The minimum atomic E-state index is -4.77. The summed E-state index contributed by atoms with van der Waals surface area (Å²) in [6, 6.07) is 1.82. The molecule has 0 radical (unpaired) electrons. The van der Waals surface area contributed by atoms with Gasteiger partial charge in [0.1, 0.15) is 11.6 Å². The topological polar surface area (TPSA) is 9.23 Å². The Morgan fingerprint density at radius 3 is 2.36 bits per heavy atom. The molecule has 0 aromatic heterocycles. The molecular formula is C7H2BrF4IO. The summed E-state index contributed by atoms with van der Waals surface area (Å²) in [6.07, 6.45) is -4.77. The molecule has 0 saturated heterocycles. The Morgan fingerprint density at radius 1 is 1.29 bits per heavy atom. The zero-order valence-electron chi connectivity index (χ0n) is 6.33. The smallest absolute Gasteiger partial charge is 0.405 e. The van der Waals surface area contributed by atoms with Crippen molar-refractivity contribution in [3.8, 4) is 5.75 Å². The number of rotatable bonds is 1. The van der Waals surface area contributed by atoms with Crippen LogP contribution >= 0.6 is 38.5 Å². The van der Waals surface area contributed by atoms with Crippen molar-refractivity contribution in [1.29, 1.82) is 0 Å². The van der Waals surface area contributed by atoms with E-state index < -0.39 is 17.9 Å². The van der Waals surface area contributed by atoms with Crippen molar-refractivity contribution < 1.29 is 22.3 Å². The Bertz CT molecular complexity index is 352. The zero-order valence-corrected chi connectivity index (χ0v) is 10.1. The van der Waals surface area contributed by atoms with Gasteiger partial charge in [-0.3, -0.25) is 0 Å². The molecule has 1 aromatic carbocycles. The first-order valence-electron chi connectivity index (χ1n) is 3.20. The van der Waals surface area contributed by atoms with Crippen LogP contribution in [-0.4, -0.2) is 6.36 Å². The molecule has 0 N–H and O–H groups in total. The number of hydrogen-bond donors (Lipinski definition) is 0. The molecule has 0 aliphatic carbocycles. The molecule has 1 aromatic rings. The molecule has 0 atom stereocenters. The quantitative estimate of drug-likeness (QED) is 0.402. The minimum Gasteiger partial charge on any atom is -0.405 e. The number of hydrogen-bond acceptors (Lipinski definition) is 1. The fourth-order valence-electron chi connectivity index (χ4n) is 0.712. The van der Waals surface area contributed by atoms with Crippen LogP contribution in [0.15, 0.2) is 16.6 Å². The molecular weight excluding hydrogens is 383 g/mol. The highest BCUT2D eigenvalue weighted by molar-refractivity contribution is 14.1. The van der Waals surface area contributed by atoms with Gasteiger partial charge in [0.15, 0.2) is 0 Å². The van der Waals surface area contributed by atoms with Gasteiger partial charge in [0.05, 0.1) is 8.04 Å². The maximum absolute atomic E-state index is 12.8. The molecule has 1 rings (SSSR count). The first-order valence-corrected chi connectivity index (χ1v) is 5.07. The van der Waals surface area contributed by atoms with E-state index in [9.17, 15) is 17.6 Å². The van der Waals surface area contributed by atoms with Crippen LogP contribution in [0, 0.1) is 9.39 Å². The number of ether oxygens (including phenoxy) is 1. The molecule has 0 spiro atoms. The van der Waals surface area contributed by atoms with E-state index in [0.29, 0.717) is 0 Å². The highest BCUT2D eigenvalue weighted by atomic mass is 127. The summed E-state index contributed by atoms with van der Waals surface area (Å²) in [6.45, 7) is 0. The average Bonchev–Trinajstić information content (AvgIpc) is 2.04. The standard InChI is InChI=1S/C7H2BrF4IO/c8-5-3(9)1-2-4(6(5)13)14-7(10,11)12/h1-2H. The van der Waals surface area contributed by atoms with Crippen molar-refractivity contribution in [1.82, 2.24) is 0 Å². The predicted octanol–water partition coefficient (Wildman–Crippen LogP) is 4.09. The van der Waals surface area contributed by atoms with Gasteiger partial charge < -0.3 is 4.74 Å². The maximum atomic E-state index is 12.8. The van der Waals surface area contributed by atoms with Crippen LogP contribution in [0.4, 0.5) is 17.6 Å². The van der Waals surface area contributed by atoms with Crippen LogP contribution in [-0.2, 0) is 0 Å². The van der Waals surface area contributed by atoms with Gasteiger partial charge in [-0.05, 0) is 50.7 Å². The summed E-state index contributed by atoms with van der Waals surface area (Å²) in [5.41, 5.74) is 0. The van der Waals surface area contributed by atoms with E-state index in [0.717, 1.165) is 12.1 Å². The summed E-state index contributed by atoms with van der Waals surface area (Å²) in [5.74, 6) is -1.06. The minimum absolute atomic E-state index is 0.0416. The third kappa shape index (κ3) is 2.97. The average molecular weight is 385 g/mol. The number of halogens is 6. The second kappa shape index (κ2) is 4.21. The Morgan fingerprint density at radius 2 is 1.86 bits per heavy atom. The van der Waals surface area contributed by atoms with Crippen LogP contribution in [0.2, 0.25) is 0 Å². The van der Waals surface area contributed by atoms with E-state index in [-0.39, 0.29) is 8.04 Å². The van der Waals surface area contributed by atoms with Crippen LogP contribution in [0.1, 0.15) is 0 Å². The highest BCUT2D eigenvalue weighted by Gasteiger charge is 2.32. The van der Waals surface area contributed by atoms with Gasteiger partial charge in [0, 0.05) is 0 Å². The highest BCUT2D eigenvalue weighted by Crippen LogP contribution is 2.33. The maximum Gasteiger partial charge on any atom is 0.573 e. The van der Waals surface area contributed by atoms with E-state index >= 15 is 0 Å². The third-order valence-electron chi connectivity index (χ3n) is 1.23. The predicted molar refractivity (Wildman–Crippen MR) is 53.5 cm³/mol. The van der Waals surface area contributed by atoms with Crippen molar-refractivity contribution in [3.05, 3.63) is 26.0 Å². The summed E-state index contributed by atoms with van der Waals surface area (Å²) in [4.78, 5) is 0. The molecule has 0 aliphatic heterocycles. The first-order chi connectivity index (χ1) is 6.31. The number of benzene rings is 1. The van der Waals surface area contributed by atoms with Gasteiger partial charge in [-0.25, -0.2) is 4.39 Å². The molecule has 0 fully saturated rings. The molecule has 0 bridgehead atoms. The normalized spacial score (nSPS) is 11.6. The van der Waals surface area contributed by atoms with Gasteiger partial charge >= 0.3 is 6.36 Å². The lowest BCUT2D eigenvalue weighted by molar-refractivity contribution is -0.275. The van der Waals surface area contributed by atoms with Crippen molar-refractivity contribution in [2.75, 3.05) is 0 Å². The Hall–Kier alpha value is -0.0500. The molecule has 78 valence electrons. The van der Waals surface area contributed by atoms with E-state index in [1.165, 1.54) is 0 Å². The Labute approximate surface area is 98.7 Å². The summed E-state index contributed by atoms with van der Waals surface area (Å²) in [7, 11) is 0. The third-order valence-corrected chi connectivity index (χ3v) is 3.81. The molecule has 1 nitrogen and oxygen atoms in total. The van der Waals surface area contributed by atoms with E-state index in [1.54, 1.807) is 22.6 Å². The van der Waals surface area contributed by atoms with Crippen molar-refractivity contribution >= 4 is 38.5 Å². The molecule has 0 saturated carbocycles. The lowest BCUT2D eigenvalue weighted by atomic mass is 10.3. The van der Waals surface area contributed by atoms with E-state index in [1.807, 2.05) is 0 Å². The molecule has 0 aliphatic rings. The Kier molecular flexibility index (Phi) is 3.62. The van der Waals surface area contributed by atoms with Crippen LogP contribution < -0.4 is 4.74 Å². The fourth-order valence-corrected chi connectivity index (χ4v) is 1.59. The SMILES string of the molecule is Fc1ccc(OC(F)(F)F)c(I)c1Br. The summed E-state index contributed by atoms with van der Waals surface area (Å²) < 4.78 is 51.9. The summed E-state index contributed by atoms with van der Waals surface area (Å²) in [5, 5.41) is 0. The molecule has 0 unspecified atom stereocenters. The zero-order chi connectivity index (χ0) is 10.9. The molecule has 7 heteroatoms. The van der Waals surface area contributed by atoms with Gasteiger partial charge in [-0.2, -0.15) is 0 Å². The van der Waals surface area contributed by atoms with Gasteiger partial charge in [0.2, 0.25) is 0 Å². The second-order valence-electron chi connectivity index (χ2n) is 2.22. The van der Waals surface area contributed by atoms with Gasteiger partial charge in [-0.15, -0.1) is 13.2 Å². The molecule has 14 heavy (non-hydrogen) atoms. The lowest BCUT2D eigenvalue weighted by Crippen LogP contribution is -2.18. The van der Waals surface area contributed by atoms with Crippen molar-refractivity contribution in [2.45, 2.75) is 6.36 Å². The van der Waals surface area contributed by atoms with Crippen LogP contribution in [0.5, 0.6) is 5.75 Å². The largest absolute Gasteiger partial charge is 0.573 e. The lowest BCUT2D eigenvalue weighted by Gasteiger charge is -2.11. The van der Waals surface area contributed by atoms with Gasteiger partial charge in [-0.1, -0.05) is 0 Å². The van der Waals surface area contributed by atoms with E-state index in [2.05, 4.69) is 20.7 Å². The van der Waals surface area contributed by atoms with Crippen LogP contribution in [0.3, 0.4) is 0 Å². The Balaban J connectivity index is 3.06. The molecule has 0 heterocycles. The monoisotopic (exact) mass is 384 g/mol. The summed E-state index contributed by atoms with van der Waals surface area (Å²) >= 11 is 4.37. The first kappa shape index (κ1) is 12.0. The second-order valence-corrected chi connectivity index (χ2v) is 4.09.